The van der Waals surface area contributed by atoms with E-state index in [0.29, 0.717) is 6.54 Å². The van der Waals surface area contributed by atoms with Crippen molar-refractivity contribution in [2.45, 2.75) is 44.7 Å². The molecule has 1 aromatic rings. The van der Waals surface area contributed by atoms with Gasteiger partial charge in [0.2, 0.25) is 5.91 Å². The molecule has 5 heteroatoms. The molecular weight excluding hydrogens is 280 g/mol. The number of nitrogens with two attached hydrogens (primary N) is 1. The van der Waals surface area contributed by atoms with E-state index in [2.05, 4.69) is 5.32 Å². The Labute approximate surface area is 132 Å². The summed E-state index contributed by atoms with van der Waals surface area (Å²) in [6, 6.07) is 5.55. The molecule has 0 aliphatic heterocycles. The molecule has 22 heavy (non-hydrogen) atoms. The van der Waals surface area contributed by atoms with Crippen LogP contribution in [0.4, 0.5) is 0 Å². The second-order valence-electron chi connectivity index (χ2n) is 6.20. The van der Waals surface area contributed by atoms with E-state index in [4.69, 9.17) is 15.2 Å². The van der Waals surface area contributed by atoms with Crippen LogP contribution in [0.2, 0.25) is 0 Å². The predicted octanol–water partition coefficient (Wildman–Crippen LogP) is 2.23. The van der Waals surface area contributed by atoms with E-state index in [-0.39, 0.29) is 11.8 Å². The number of nitrogens with one attached hydrogen (secondary N) is 1. The molecule has 0 radical (unpaired) electrons. The van der Waals surface area contributed by atoms with Crippen LogP contribution in [0.15, 0.2) is 18.2 Å². The lowest BCUT2D eigenvalue weighted by Crippen LogP contribution is -2.52. The Bertz CT molecular complexity index is 529. The average Bonchev–Trinajstić information content (AvgIpc) is 2.51. The molecule has 0 saturated heterocycles. The number of methoxy groups -OCH3 is 2. The van der Waals surface area contributed by atoms with Gasteiger partial charge in [0.15, 0.2) is 0 Å². The van der Waals surface area contributed by atoms with Crippen LogP contribution in [-0.2, 0) is 11.3 Å². The van der Waals surface area contributed by atoms with Gasteiger partial charge in [0.1, 0.15) is 11.5 Å². The zero-order valence-electron chi connectivity index (χ0n) is 13.6. The summed E-state index contributed by atoms with van der Waals surface area (Å²) >= 11 is 0. The number of benzene rings is 1. The SMILES string of the molecule is COc1ccc(OC)c(CNC(=O)C2CCCCC2(C)N)c1. The first-order chi connectivity index (χ1) is 10.5. The number of ether oxygens (including phenoxy) is 2. The maximum absolute atomic E-state index is 12.5. The second-order valence-corrected chi connectivity index (χ2v) is 6.20. The van der Waals surface area contributed by atoms with Gasteiger partial charge in [-0.3, -0.25) is 4.79 Å². The molecular formula is C17H26N2O3. The first kappa shape index (κ1) is 16.6. The van der Waals surface area contributed by atoms with Crippen LogP contribution in [-0.4, -0.2) is 25.7 Å². The van der Waals surface area contributed by atoms with E-state index in [0.717, 1.165) is 42.7 Å². The van der Waals surface area contributed by atoms with Gasteiger partial charge in [-0.25, -0.2) is 0 Å². The van der Waals surface area contributed by atoms with Crippen LogP contribution in [0.1, 0.15) is 38.2 Å². The van der Waals surface area contributed by atoms with Gasteiger partial charge in [0.25, 0.3) is 0 Å². The third-order valence-electron chi connectivity index (χ3n) is 4.51. The number of rotatable bonds is 5. The third kappa shape index (κ3) is 3.71. The molecule has 2 unspecified atom stereocenters. The van der Waals surface area contributed by atoms with Crippen molar-refractivity contribution >= 4 is 5.91 Å². The molecule has 0 heterocycles. The van der Waals surface area contributed by atoms with Gasteiger partial charge in [-0.05, 0) is 38.0 Å². The Hall–Kier alpha value is -1.75. The summed E-state index contributed by atoms with van der Waals surface area (Å²) in [5.74, 6) is 1.37. The summed E-state index contributed by atoms with van der Waals surface area (Å²) in [5.41, 5.74) is 6.77. The number of amides is 1. The predicted molar refractivity (Wildman–Crippen MR) is 85.9 cm³/mol. The van der Waals surface area contributed by atoms with Crippen LogP contribution in [0.3, 0.4) is 0 Å². The fraction of sp³-hybridized carbons (Fsp3) is 0.588. The van der Waals surface area contributed by atoms with E-state index in [1.807, 2.05) is 25.1 Å². The van der Waals surface area contributed by atoms with E-state index in [9.17, 15) is 4.79 Å². The molecule has 1 aromatic carbocycles. The Morgan fingerprint density at radius 1 is 1.36 bits per heavy atom. The summed E-state index contributed by atoms with van der Waals surface area (Å²) < 4.78 is 10.6. The van der Waals surface area contributed by atoms with Crippen LogP contribution in [0.5, 0.6) is 11.5 Å². The minimum atomic E-state index is -0.416. The number of carbonyl (C=O) groups excluding carboxylic acids is 1. The van der Waals surface area contributed by atoms with E-state index in [1.165, 1.54) is 0 Å². The lowest BCUT2D eigenvalue weighted by molar-refractivity contribution is -0.128. The van der Waals surface area contributed by atoms with Gasteiger partial charge in [-0.2, -0.15) is 0 Å². The van der Waals surface area contributed by atoms with Crippen molar-refractivity contribution < 1.29 is 14.3 Å². The van der Waals surface area contributed by atoms with Crippen molar-refractivity contribution in [1.82, 2.24) is 5.32 Å². The highest BCUT2D eigenvalue weighted by Crippen LogP contribution is 2.32. The molecule has 0 bridgehead atoms. The van der Waals surface area contributed by atoms with Gasteiger partial charge in [0, 0.05) is 17.6 Å². The molecule has 122 valence electrons. The van der Waals surface area contributed by atoms with E-state index in [1.54, 1.807) is 14.2 Å². The average molecular weight is 306 g/mol. The van der Waals surface area contributed by atoms with Gasteiger partial charge < -0.3 is 20.5 Å². The molecule has 2 rings (SSSR count). The van der Waals surface area contributed by atoms with Gasteiger partial charge >= 0.3 is 0 Å². The molecule has 0 spiro atoms. The molecule has 1 fully saturated rings. The molecule has 3 N–H and O–H groups in total. The molecule has 1 saturated carbocycles. The number of hydrogen-bond donors (Lipinski definition) is 2. The van der Waals surface area contributed by atoms with Crippen molar-refractivity contribution in [3.63, 3.8) is 0 Å². The Morgan fingerprint density at radius 3 is 2.77 bits per heavy atom. The Kier molecular flexibility index (Phi) is 5.29. The second kappa shape index (κ2) is 7.01. The maximum Gasteiger partial charge on any atom is 0.225 e. The van der Waals surface area contributed by atoms with Crippen molar-refractivity contribution in [1.29, 1.82) is 0 Å². The van der Waals surface area contributed by atoms with Crippen molar-refractivity contribution in [3.8, 4) is 11.5 Å². The van der Waals surface area contributed by atoms with Gasteiger partial charge in [-0.1, -0.05) is 12.8 Å². The molecule has 2 atom stereocenters. The molecule has 0 aromatic heterocycles. The minimum absolute atomic E-state index is 0.0228. The van der Waals surface area contributed by atoms with Crippen molar-refractivity contribution in [3.05, 3.63) is 23.8 Å². The quantitative estimate of drug-likeness (QED) is 0.875. The van der Waals surface area contributed by atoms with Gasteiger partial charge in [-0.15, -0.1) is 0 Å². The zero-order valence-corrected chi connectivity index (χ0v) is 13.6. The number of hydrogen-bond acceptors (Lipinski definition) is 4. The molecule has 1 aliphatic rings. The molecule has 1 aliphatic carbocycles. The summed E-state index contributed by atoms with van der Waals surface area (Å²) in [4.78, 5) is 12.5. The smallest absolute Gasteiger partial charge is 0.225 e. The van der Waals surface area contributed by atoms with E-state index >= 15 is 0 Å². The highest BCUT2D eigenvalue weighted by Gasteiger charge is 2.37. The fourth-order valence-corrected chi connectivity index (χ4v) is 3.11. The summed E-state index contributed by atoms with van der Waals surface area (Å²) in [6.45, 7) is 2.38. The minimum Gasteiger partial charge on any atom is -0.497 e. The Balaban J connectivity index is 2.04. The first-order valence-electron chi connectivity index (χ1n) is 7.75. The highest BCUT2D eigenvalue weighted by molar-refractivity contribution is 5.80. The summed E-state index contributed by atoms with van der Waals surface area (Å²) in [6.07, 6.45) is 3.91. The largest absolute Gasteiger partial charge is 0.497 e. The lowest BCUT2D eigenvalue weighted by atomic mass is 9.74. The van der Waals surface area contributed by atoms with Crippen LogP contribution in [0.25, 0.3) is 0 Å². The Morgan fingerprint density at radius 2 is 2.14 bits per heavy atom. The van der Waals surface area contributed by atoms with Crippen molar-refractivity contribution in [2.75, 3.05) is 14.2 Å². The summed E-state index contributed by atoms with van der Waals surface area (Å²) in [5, 5.41) is 3.00. The topological polar surface area (TPSA) is 73.6 Å². The normalized spacial score (nSPS) is 24.6. The van der Waals surface area contributed by atoms with Crippen LogP contribution in [0, 0.1) is 5.92 Å². The van der Waals surface area contributed by atoms with Crippen LogP contribution < -0.4 is 20.5 Å². The third-order valence-corrected chi connectivity index (χ3v) is 4.51. The highest BCUT2D eigenvalue weighted by atomic mass is 16.5. The van der Waals surface area contributed by atoms with Crippen LogP contribution >= 0.6 is 0 Å². The molecule has 1 amide bonds. The zero-order chi connectivity index (χ0) is 16.2. The van der Waals surface area contributed by atoms with Crippen molar-refractivity contribution in [2.24, 2.45) is 11.7 Å². The van der Waals surface area contributed by atoms with Gasteiger partial charge in [0.05, 0.1) is 20.1 Å². The monoisotopic (exact) mass is 306 g/mol. The first-order valence-corrected chi connectivity index (χ1v) is 7.75. The fourth-order valence-electron chi connectivity index (χ4n) is 3.11. The standard InChI is InChI=1S/C17H26N2O3/c1-17(18)9-5-4-6-14(17)16(20)19-11-12-10-13(21-2)7-8-15(12)22-3/h7-8,10,14H,4-6,9,11,18H2,1-3H3,(H,19,20). The molecule has 5 nitrogen and oxygen atoms in total. The summed E-state index contributed by atoms with van der Waals surface area (Å²) in [7, 11) is 3.23. The number of carbonyl (C=O) groups is 1. The maximum atomic E-state index is 12.5. The van der Waals surface area contributed by atoms with E-state index < -0.39 is 5.54 Å². The lowest BCUT2D eigenvalue weighted by Gasteiger charge is -2.37.